The van der Waals surface area contributed by atoms with Gasteiger partial charge in [-0.05, 0) is 38.3 Å². The Morgan fingerprint density at radius 1 is 1.12 bits per heavy atom. The summed E-state index contributed by atoms with van der Waals surface area (Å²) in [5.74, 6) is 0. The van der Waals surface area contributed by atoms with Gasteiger partial charge < -0.3 is 10.1 Å². The van der Waals surface area contributed by atoms with E-state index in [4.69, 9.17) is 4.74 Å². The number of benzene rings is 1. The Kier molecular flexibility index (Phi) is 6.23. The highest BCUT2D eigenvalue weighted by Gasteiger charge is 2.04. The van der Waals surface area contributed by atoms with E-state index in [1.165, 1.54) is 11.1 Å². The molecular formula is C15H25NO. The molecule has 0 spiro atoms. The Bertz CT molecular complexity index is 305. The molecule has 0 saturated heterocycles. The van der Waals surface area contributed by atoms with Gasteiger partial charge in [0.15, 0.2) is 0 Å². The second-order valence-corrected chi connectivity index (χ2v) is 4.69. The van der Waals surface area contributed by atoms with Gasteiger partial charge in [0.2, 0.25) is 0 Å². The average Bonchev–Trinajstić information content (AvgIpc) is 2.34. The lowest BCUT2D eigenvalue weighted by atomic mass is 10.1. The average molecular weight is 235 g/mol. The molecule has 0 aliphatic heterocycles. The van der Waals surface area contributed by atoms with Crippen LogP contribution in [0.4, 0.5) is 0 Å². The molecule has 1 N–H and O–H groups in total. The number of rotatable bonds is 7. The maximum absolute atomic E-state index is 5.50. The van der Waals surface area contributed by atoms with Gasteiger partial charge >= 0.3 is 0 Å². The van der Waals surface area contributed by atoms with E-state index >= 15 is 0 Å². The Labute approximate surface area is 105 Å². The van der Waals surface area contributed by atoms with Crippen LogP contribution in [0.5, 0.6) is 0 Å². The molecule has 0 aromatic heterocycles. The molecule has 17 heavy (non-hydrogen) atoms. The Morgan fingerprint density at radius 2 is 1.76 bits per heavy atom. The van der Waals surface area contributed by atoms with Crippen molar-refractivity contribution in [3.8, 4) is 0 Å². The third-order valence-corrected chi connectivity index (χ3v) is 2.89. The lowest BCUT2D eigenvalue weighted by Gasteiger charge is -2.15. The highest BCUT2D eigenvalue weighted by atomic mass is 16.5. The molecule has 2 nitrogen and oxygen atoms in total. The van der Waals surface area contributed by atoms with Gasteiger partial charge in [0.1, 0.15) is 0 Å². The molecule has 0 amide bonds. The molecule has 2 heteroatoms. The molecular weight excluding hydrogens is 210 g/mol. The maximum Gasteiger partial charge on any atom is 0.0594 e. The highest BCUT2D eigenvalue weighted by molar-refractivity contribution is 5.24. The first-order valence-corrected chi connectivity index (χ1v) is 6.57. The van der Waals surface area contributed by atoms with Crippen LogP contribution in [0.2, 0.25) is 0 Å². The Morgan fingerprint density at radius 3 is 2.29 bits per heavy atom. The number of nitrogens with one attached hydrogen (secondary N) is 1. The second kappa shape index (κ2) is 7.46. The maximum atomic E-state index is 5.50. The second-order valence-electron chi connectivity index (χ2n) is 4.69. The van der Waals surface area contributed by atoms with Crippen LogP contribution >= 0.6 is 0 Å². The van der Waals surface area contributed by atoms with Crippen LogP contribution < -0.4 is 5.32 Å². The predicted molar refractivity (Wildman–Crippen MR) is 73.3 cm³/mol. The van der Waals surface area contributed by atoms with Crippen molar-refractivity contribution in [3.63, 3.8) is 0 Å². The van der Waals surface area contributed by atoms with Crippen molar-refractivity contribution in [2.75, 3.05) is 13.2 Å². The number of aryl methyl sites for hydroxylation is 1. The van der Waals surface area contributed by atoms with Crippen molar-refractivity contribution in [1.29, 1.82) is 0 Å². The molecule has 1 unspecified atom stereocenters. The molecule has 0 radical (unpaired) electrons. The van der Waals surface area contributed by atoms with Crippen LogP contribution in [-0.2, 0) is 11.2 Å². The fourth-order valence-electron chi connectivity index (χ4n) is 1.73. The van der Waals surface area contributed by atoms with Crippen molar-refractivity contribution in [3.05, 3.63) is 35.4 Å². The van der Waals surface area contributed by atoms with E-state index in [-0.39, 0.29) is 0 Å². The lowest BCUT2D eigenvalue weighted by molar-refractivity contribution is 0.0796. The van der Waals surface area contributed by atoms with E-state index in [1.807, 2.05) is 0 Å². The SMILES string of the molecule is CCc1ccc(C(C)NCCOC(C)C)cc1. The summed E-state index contributed by atoms with van der Waals surface area (Å²) >= 11 is 0. The van der Waals surface area contributed by atoms with E-state index in [0.29, 0.717) is 12.1 Å². The van der Waals surface area contributed by atoms with Crippen molar-refractivity contribution >= 4 is 0 Å². The fraction of sp³-hybridized carbons (Fsp3) is 0.600. The van der Waals surface area contributed by atoms with Gasteiger partial charge in [-0.3, -0.25) is 0 Å². The van der Waals surface area contributed by atoms with Crippen LogP contribution in [0.3, 0.4) is 0 Å². The van der Waals surface area contributed by atoms with E-state index < -0.39 is 0 Å². The van der Waals surface area contributed by atoms with Crippen LogP contribution in [-0.4, -0.2) is 19.3 Å². The monoisotopic (exact) mass is 235 g/mol. The van der Waals surface area contributed by atoms with E-state index in [0.717, 1.165) is 19.6 Å². The summed E-state index contributed by atoms with van der Waals surface area (Å²) in [5.41, 5.74) is 2.73. The van der Waals surface area contributed by atoms with Gasteiger partial charge in [-0.1, -0.05) is 31.2 Å². The summed E-state index contributed by atoms with van der Waals surface area (Å²) in [4.78, 5) is 0. The largest absolute Gasteiger partial charge is 0.377 e. The molecule has 1 atom stereocenters. The third-order valence-electron chi connectivity index (χ3n) is 2.89. The number of ether oxygens (including phenoxy) is 1. The molecule has 0 fully saturated rings. The summed E-state index contributed by atoms with van der Waals surface area (Å²) < 4.78 is 5.50. The molecule has 0 aliphatic rings. The van der Waals surface area contributed by atoms with E-state index in [2.05, 4.69) is 57.3 Å². The zero-order chi connectivity index (χ0) is 12.7. The number of hydrogen-bond donors (Lipinski definition) is 1. The topological polar surface area (TPSA) is 21.3 Å². The van der Waals surface area contributed by atoms with Gasteiger partial charge in [-0.25, -0.2) is 0 Å². The summed E-state index contributed by atoms with van der Waals surface area (Å²) in [7, 11) is 0. The van der Waals surface area contributed by atoms with Crippen molar-refractivity contribution < 1.29 is 4.74 Å². The lowest BCUT2D eigenvalue weighted by Crippen LogP contribution is -2.24. The van der Waals surface area contributed by atoms with E-state index in [9.17, 15) is 0 Å². The minimum absolute atomic E-state index is 0.316. The van der Waals surface area contributed by atoms with Crippen LogP contribution in [0, 0.1) is 0 Å². The smallest absolute Gasteiger partial charge is 0.0594 e. The van der Waals surface area contributed by atoms with Gasteiger partial charge in [-0.15, -0.1) is 0 Å². The van der Waals surface area contributed by atoms with Gasteiger partial charge in [0, 0.05) is 12.6 Å². The molecule has 0 bridgehead atoms. The summed E-state index contributed by atoms with van der Waals surface area (Å²) in [6.07, 6.45) is 1.42. The van der Waals surface area contributed by atoms with Gasteiger partial charge in [0.25, 0.3) is 0 Å². The first kappa shape index (κ1) is 14.2. The van der Waals surface area contributed by atoms with E-state index in [1.54, 1.807) is 0 Å². The van der Waals surface area contributed by atoms with Crippen molar-refractivity contribution in [2.45, 2.75) is 46.3 Å². The molecule has 96 valence electrons. The molecule has 0 aliphatic carbocycles. The minimum atomic E-state index is 0.316. The normalized spacial score (nSPS) is 13.0. The first-order valence-electron chi connectivity index (χ1n) is 6.57. The van der Waals surface area contributed by atoms with Gasteiger partial charge in [0.05, 0.1) is 12.7 Å². The zero-order valence-corrected chi connectivity index (χ0v) is 11.5. The van der Waals surface area contributed by atoms with Crippen LogP contribution in [0.1, 0.15) is 44.9 Å². The molecule has 0 saturated carbocycles. The zero-order valence-electron chi connectivity index (χ0n) is 11.5. The number of hydrogen-bond acceptors (Lipinski definition) is 2. The highest BCUT2D eigenvalue weighted by Crippen LogP contribution is 2.13. The minimum Gasteiger partial charge on any atom is -0.377 e. The molecule has 0 heterocycles. The van der Waals surface area contributed by atoms with Gasteiger partial charge in [-0.2, -0.15) is 0 Å². The fourth-order valence-corrected chi connectivity index (χ4v) is 1.73. The standard InChI is InChI=1S/C15H25NO/c1-5-14-6-8-15(9-7-14)13(4)16-10-11-17-12(2)3/h6-9,12-13,16H,5,10-11H2,1-4H3. The molecule has 1 aromatic carbocycles. The molecule has 1 aromatic rings. The quantitative estimate of drug-likeness (QED) is 0.732. The van der Waals surface area contributed by atoms with Crippen molar-refractivity contribution in [1.82, 2.24) is 5.32 Å². The summed E-state index contributed by atoms with van der Waals surface area (Å²) in [6.45, 7) is 10.2. The Hall–Kier alpha value is -0.860. The first-order chi connectivity index (χ1) is 8.13. The summed E-state index contributed by atoms with van der Waals surface area (Å²) in [5, 5.41) is 3.47. The van der Waals surface area contributed by atoms with Crippen LogP contribution in [0.15, 0.2) is 24.3 Å². The summed E-state index contributed by atoms with van der Waals surface area (Å²) in [6, 6.07) is 9.22. The Balaban J connectivity index is 2.33. The van der Waals surface area contributed by atoms with Crippen LogP contribution in [0.25, 0.3) is 0 Å². The third kappa shape index (κ3) is 5.33. The van der Waals surface area contributed by atoms with Crippen molar-refractivity contribution in [2.24, 2.45) is 0 Å². The predicted octanol–water partition coefficient (Wildman–Crippen LogP) is 3.32. The molecule has 1 rings (SSSR count).